The van der Waals surface area contributed by atoms with Crippen LogP contribution >= 0.6 is 0 Å². The van der Waals surface area contributed by atoms with Gasteiger partial charge in [0.15, 0.2) is 0 Å². The van der Waals surface area contributed by atoms with Gasteiger partial charge in [0, 0.05) is 37.8 Å². The van der Waals surface area contributed by atoms with E-state index in [1.807, 2.05) is 24.3 Å². The highest BCUT2D eigenvalue weighted by Crippen LogP contribution is 2.21. The fraction of sp³-hybridized carbons (Fsp3) is 0.444. The van der Waals surface area contributed by atoms with E-state index in [1.54, 1.807) is 0 Å². The first kappa shape index (κ1) is 18.2. The molecule has 0 aliphatic carbocycles. The van der Waals surface area contributed by atoms with Crippen molar-refractivity contribution in [1.29, 1.82) is 0 Å². The number of rotatable bonds is 9. The second-order valence-electron chi connectivity index (χ2n) is 6.29. The van der Waals surface area contributed by atoms with Crippen LogP contribution in [0.4, 0.5) is 11.8 Å². The van der Waals surface area contributed by atoms with E-state index < -0.39 is 0 Å². The van der Waals surface area contributed by atoms with Crippen LogP contribution in [0.3, 0.4) is 0 Å². The summed E-state index contributed by atoms with van der Waals surface area (Å²) in [5.41, 5.74) is 2.01. The van der Waals surface area contributed by atoms with Gasteiger partial charge < -0.3 is 20.4 Å². The quantitative estimate of drug-likeness (QED) is 0.735. The fourth-order valence-corrected chi connectivity index (χ4v) is 2.17. The first-order chi connectivity index (χ1) is 11.5. The number of aromatic nitrogens is 2. The van der Waals surface area contributed by atoms with Crippen LogP contribution in [-0.2, 0) is 0 Å². The zero-order chi connectivity index (χ0) is 17.4. The second kappa shape index (κ2) is 9.20. The number of anilines is 2. The standard InChI is InChI=1S/C18H28N6/c1-23(2)12-10-19-17-14-16(15-8-6-5-7-9-15)21-18(22-17)20-11-13-24(3)4/h5-9,14H,10-13H2,1-4H3,(H2,19,20,21,22). The van der Waals surface area contributed by atoms with Crippen molar-refractivity contribution in [2.75, 3.05) is 65.0 Å². The van der Waals surface area contributed by atoms with E-state index in [0.29, 0.717) is 5.95 Å². The van der Waals surface area contributed by atoms with E-state index in [1.165, 1.54) is 0 Å². The molecule has 0 amide bonds. The van der Waals surface area contributed by atoms with E-state index in [2.05, 4.69) is 70.7 Å². The highest BCUT2D eigenvalue weighted by Gasteiger charge is 2.07. The van der Waals surface area contributed by atoms with Crippen LogP contribution in [0, 0.1) is 0 Å². The zero-order valence-electron chi connectivity index (χ0n) is 15.1. The summed E-state index contributed by atoms with van der Waals surface area (Å²) in [4.78, 5) is 13.5. The summed E-state index contributed by atoms with van der Waals surface area (Å²) in [5.74, 6) is 1.50. The van der Waals surface area contributed by atoms with Crippen molar-refractivity contribution < 1.29 is 0 Å². The number of hydrogen-bond donors (Lipinski definition) is 2. The maximum absolute atomic E-state index is 4.65. The Hall–Kier alpha value is -2.18. The fourth-order valence-electron chi connectivity index (χ4n) is 2.17. The lowest BCUT2D eigenvalue weighted by atomic mass is 10.1. The normalized spacial score (nSPS) is 11.1. The predicted octanol–water partition coefficient (Wildman–Crippen LogP) is 2.09. The first-order valence-corrected chi connectivity index (χ1v) is 8.26. The highest BCUT2D eigenvalue weighted by molar-refractivity contribution is 5.64. The van der Waals surface area contributed by atoms with Gasteiger partial charge in [0.05, 0.1) is 5.69 Å². The largest absolute Gasteiger partial charge is 0.369 e. The van der Waals surface area contributed by atoms with Crippen LogP contribution in [0.2, 0.25) is 0 Å². The van der Waals surface area contributed by atoms with Gasteiger partial charge in [0.1, 0.15) is 5.82 Å². The number of likely N-dealkylation sites (N-methyl/N-ethyl adjacent to an activating group) is 2. The lowest BCUT2D eigenvalue weighted by molar-refractivity contribution is 0.424. The molecule has 0 atom stereocenters. The topological polar surface area (TPSA) is 56.3 Å². The van der Waals surface area contributed by atoms with Crippen LogP contribution in [0.1, 0.15) is 0 Å². The third-order valence-corrected chi connectivity index (χ3v) is 3.50. The van der Waals surface area contributed by atoms with Crippen molar-refractivity contribution in [1.82, 2.24) is 19.8 Å². The Kier molecular flexibility index (Phi) is 6.96. The summed E-state index contributed by atoms with van der Waals surface area (Å²) in [6, 6.07) is 12.2. The SMILES string of the molecule is CN(C)CCNc1cc(-c2ccccc2)nc(NCCN(C)C)n1. The Labute approximate surface area is 144 Å². The molecule has 0 aliphatic rings. The molecule has 0 saturated carbocycles. The molecule has 2 aromatic rings. The molecule has 0 unspecified atom stereocenters. The van der Waals surface area contributed by atoms with Gasteiger partial charge in [0.25, 0.3) is 0 Å². The minimum absolute atomic E-state index is 0.658. The van der Waals surface area contributed by atoms with E-state index >= 15 is 0 Å². The second-order valence-corrected chi connectivity index (χ2v) is 6.29. The van der Waals surface area contributed by atoms with Gasteiger partial charge in [0.2, 0.25) is 5.95 Å². The Morgan fingerprint density at radius 3 is 2.08 bits per heavy atom. The van der Waals surface area contributed by atoms with E-state index in [0.717, 1.165) is 43.3 Å². The Morgan fingerprint density at radius 2 is 1.46 bits per heavy atom. The van der Waals surface area contributed by atoms with E-state index in [-0.39, 0.29) is 0 Å². The minimum Gasteiger partial charge on any atom is -0.369 e. The number of hydrogen-bond acceptors (Lipinski definition) is 6. The summed E-state index contributed by atoms with van der Waals surface area (Å²) in [6.07, 6.45) is 0. The van der Waals surface area contributed by atoms with Crippen LogP contribution in [-0.4, -0.2) is 74.1 Å². The predicted molar refractivity (Wildman–Crippen MR) is 102 cm³/mol. The molecule has 6 heteroatoms. The Bertz CT molecular complexity index is 580. The smallest absolute Gasteiger partial charge is 0.225 e. The third kappa shape index (κ3) is 6.14. The summed E-state index contributed by atoms with van der Waals surface area (Å²) < 4.78 is 0. The minimum atomic E-state index is 0.658. The van der Waals surface area contributed by atoms with Gasteiger partial charge in [-0.1, -0.05) is 30.3 Å². The molecular formula is C18H28N6. The van der Waals surface area contributed by atoms with Gasteiger partial charge >= 0.3 is 0 Å². The molecule has 0 fully saturated rings. The van der Waals surface area contributed by atoms with Crippen molar-refractivity contribution in [3.05, 3.63) is 36.4 Å². The third-order valence-electron chi connectivity index (χ3n) is 3.50. The number of benzene rings is 1. The van der Waals surface area contributed by atoms with Crippen molar-refractivity contribution in [3.63, 3.8) is 0 Å². The van der Waals surface area contributed by atoms with Crippen LogP contribution in [0.5, 0.6) is 0 Å². The van der Waals surface area contributed by atoms with Crippen molar-refractivity contribution >= 4 is 11.8 Å². The van der Waals surface area contributed by atoms with Crippen molar-refractivity contribution in [3.8, 4) is 11.3 Å². The van der Waals surface area contributed by atoms with Crippen LogP contribution in [0.15, 0.2) is 36.4 Å². The zero-order valence-corrected chi connectivity index (χ0v) is 15.1. The van der Waals surface area contributed by atoms with Crippen molar-refractivity contribution in [2.24, 2.45) is 0 Å². The molecule has 6 nitrogen and oxygen atoms in total. The monoisotopic (exact) mass is 328 g/mol. The summed E-state index contributed by atoms with van der Waals surface area (Å²) in [6.45, 7) is 3.54. The number of nitrogens with zero attached hydrogens (tertiary/aromatic N) is 4. The molecular weight excluding hydrogens is 300 g/mol. The maximum Gasteiger partial charge on any atom is 0.225 e. The molecule has 0 radical (unpaired) electrons. The molecule has 2 rings (SSSR count). The molecule has 0 spiro atoms. The number of nitrogens with one attached hydrogen (secondary N) is 2. The molecule has 0 bridgehead atoms. The van der Waals surface area contributed by atoms with Crippen LogP contribution < -0.4 is 10.6 Å². The van der Waals surface area contributed by atoms with Crippen molar-refractivity contribution in [2.45, 2.75) is 0 Å². The van der Waals surface area contributed by atoms with Gasteiger partial charge in [-0.25, -0.2) is 4.98 Å². The average molecular weight is 328 g/mol. The summed E-state index contributed by atoms with van der Waals surface area (Å²) in [5, 5.41) is 6.69. The molecule has 1 heterocycles. The average Bonchev–Trinajstić information content (AvgIpc) is 2.55. The van der Waals surface area contributed by atoms with Crippen LogP contribution in [0.25, 0.3) is 11.3 Å². The molecule has 0 aliphatic heterocycles. The Morgan fingerprint density at radius 1 is 0.833 bits per heavy atom. The first-order valence-electron chi connectivity index (χ1n) is 8.26. The van der Waals surface area contributed by atoms with Gasteiger partial charge in [-0.2, -0.15) is 4.98 Å². The molecule has 2 N–H and O–H groups in total. The highest BCUT2D eigenvalue weighted by atomic mass is 15.2. The molecule has 24 heavy (non-hydrogen) atoms. The lowest BCUT2D eigenvalue weighted by Gasteiger charge is -2.14. The summed E-state index contributed by atoms with van der Waals surface area (Å²) >= 11 is 0. The Balaban J connectivity index is 2.16. The van der Waals surface area contributed by atoms with Gasteiger partial charge in [-0.05, 0) is 28.2 Å². The van der Waals surface area contributed by atoms with E-state index in [9.17, 15) is 0 Å². The van der Waals surface area contributed by atoms with Gasteiger partial charge in [-0.3, -0.25) is 0 Å². The molecule has 130 valence electrons. The molecule has 1 aromatic heterocycles. The summed E-state index contributed by atoms with van der Waals surface area (Å²) in [7, 11) is 8.23. The molecule has 1 aromatic carbocycles. The lowest BCUT2D eigenvalue weighted by Crippen LogP contribution is -2.23. The van der Waals surface area contributed by atoms with Gasteiger partial charge in [-0.15, -0.1) is 0 Å². The maximum atomic E-state index is 4.65. The molecule has 0 saturated heterocycles. The van der Waals surface area contributed by atoms with E-state index in [4.69, 9.17) is 0 Å².